The fourth-order valence-corrected chi connectivity index (χ4v) is 1.18. The Morgan fingerprint density at radius 3 is 3.14 bits per heavy atom. The Morgan fingerprint density at radius 2 is 2.36 bits per heavy atom. The van der Waals surface area contributed by atoms with Gasteiger partial charge in [0.25, 0.3) is 0 Å². The van der Waals surface area contributed by atoms with Crippen molar-refractivity contribution < 1.29 is 14.3 Å². The Balaban J connectivity index is 2.35. The molecule has 5 nitrogen and oxygen atoms in total. The minimum absolute atomic E-state index is 0.0417. The maximum absolute atomic E-state index is 10.8. The van der Waals surface area contributed by atoms with Gasteiger partial charge in [0.1, 0.15) is 12.4 Å². The molecule has 1 heterocycles. The molecule has 0 saturated heterocycles. The molecule has 2 N–H and O–H groups in total. The highest BCUT2D eigenvalue weighted by Gasteiger charge is 2.01. The molecule has 0 aliphatic heterocycles. The molecular formula is C9H9NO4. The summed E-state index contributed by atoms with van der Waals surface area (Å²) in [5, 5.41) is 8.54. The average Bonchev–Trinajstić information content (AvgIpc) is 2.54. The van der Waals surface area contributed by atoms with E-state index in [2.05, 4.69) is 4.98 Å². The standard InChI is InChI=1S/C9H9NO4/c11-3-4-13-6-1-2-8-7(5-6)10-9(12)14-8/h1-2,5,11H,3-4H2,(H,10,12). The van der Waals surface area contributed by atoms with Gasteiger partial charge in [-0.2, -0.15) is 0 Å². The number of ether oxygens (including phenoxy) is 1. The Morgan fingerprint density at radius 1 is 1.50 bits per heavy atom. The van der Waals surface area contributed by atoms with Crippen molar-refractivity contribution in [2.24, 2.45) is 0 Å². The summed E-state index contributed by atoms with van der Waals surface area (Å²) < 4.78 is 9.97. The van der Waals surface area contributed by atoms with Crippen molar-refractivity contribution in [2.45, 2.75) is 0 Å². The lowest BCUT2D eigenvalue weighted by Gasteiger charge is -2.02. The van der Waals surface area contributed by atoms with Gasteiger partial charge in [0.05, 0.1) is 12.1 Å². The first-order valence-corrected chi connectivity index (χ1v) is 4.16. The van der Waals surface area contributed by atoms with Gasteiger partial charge in [-0.25, -0.2) is 4.79 Å². The number of benzene rings is 1. The molecule has 74 valence electrons. The number of aromatic amines is 1. The molecule has 0 bridgehead atoms. The minimum Gasteiger partial charge on any atom is -0.491 e. The third-order valence-electron chi connectivity index (χ3n) is 1.75. The summed E-state index contributed by atoms with van der Waals surface area (Å²) in [4.78, 5) is 13.3. The van der Waals surface area contributed by atoms with E-state index in [4.69, 9.17) is 14.3 Å². The van der Waals surface area contributed by atoms with Gasteiger partial charge in [0, 0.05) is 6.07 Å². The van der Waals surface area contributed by atoms with Crippen LogP contribution in [0.5, 0.6) is 5.75 Å². The molecule has 14 heavy (non-hydrogen) atoms. The fourth-order valence-electron chi connectivity index (χ4n) is 1.18. The van der Waals surface area contributed by atoms with Crippen molar-refractivity contribution in [1.29, 1.82) is 0 Å². The number of aliphatic hydroxyl groups excluding tert-OH is 1. The van der Waals surface area contributed by atoms with Gasteiger partial charge < -0.3 is 14.3 Å². The lowest BCUT2D eigenvalue weighted by atomic mass is 10.3. The van der Waals surface area contributed by atoms with Crippen molar-refractivity contribution in [3.8, 4) is 5.75 Å². The largest absolute Gasteiger partial charge is 0.491 e. The molecule has 1 aromatic carbocycles. The first kappa shape index (κ1) is 8.83. The van der Waals surface area contributed by atoms with Crippen molar-refractivity contribution >= 4 is 11.1 Å². The van der Waals surface area contributed by atoms with Crippen LogP contribution in [0.15, 0.2) is 27.4 Å². The zero-order chi connectivity index (χ0) is 9.97. The summed E-state index contributed by atoms with van der Waals surface area (Å²) in [6.45, 7) is 0.188. The highest BCUT2D eigenvalue weighted by atomic mass is 16.5. The average molecular weight is 195 g/mol. The third kappa shape index (κ3) is 1.62. The van der Waals surface area contributed by atoms with E-state index >= 15 is 0 Å². The lowest BCUT2D eigenvalue weighted by Crippen LogP contribution is -2.01. The summed E-state index contributed by atoms with van der Waals surface area (Å²) >= 11 is 0. The van der Waals surface area contributed by atoms with Crippen molar-refractivity contribution in [3.05, 3.63) is 28.7 Å². The number of rotatable bonds is 3. The van der Waals surface area contributed by atoms with Gasteiger partial charge in [-0.15, -0.1) is 0 Å². The second-order valence-electron chi connectivity index (χ2n) is 2.74. The molecular weight excluding hydrogens is 186 g/mol. The number of fused-ring (bicyclic) bond motifs is 1. The maximum Gasteiger partial charge on any atom is 0.417 e. The van der Waals surface area contributed by atoms with E-state index < -0.39 is 5.76 Å². The Hall–Kier alpha value is -1.75. The highest BCUT2D eigenvalue weighted by Crippen LogP contribution is 2.17. The van der Waals surface area contributed by atoms with Crippen LogP contribution in [0.3, 0.4) is 0 Å². The van der Waals surface area contributed by atoms with E-state index in [1.54, 1.807) is 18.2 Å². The van der Waals surface area contributed by atoms with Crippen LogP contribution in [0, 0.1) is 0 Å². The van der Waals surface area contributed by atoms with Crippen LogP contribution in [0.25, 0.3) is 11.1 Å². The highest BCUT2D eigenvalue weighted by molar-refractivity contribution is 5.73. The second-order valence-corrected chi connectivity index (χ2v) is 2.74. The van der Waals surface area contributed by atoms with Crippen LogP contribution in [0.2, 0.25) is 0 Å². The van der Waals surface area contributed by atoms with Crippen LogP contribution >= 0.6 is 0 Å². The number of hydrogen-bond acceptors (Lipinski definition) is 4. The zero-order valence-corrected chi connectivity index (χ0v) is 7.32. The molecule has 0 atom stereocenters. The predicted octanol–water partition coefficient (Wildman–Crippen LogP) is 0.492. The topological polar surface area (TPSA) is 75.5 Å². The van der Waals surface area contributed by atoms with Crippen LogP contribution < -0.4 is 10.5 Å². The van der Waals surface area contributed by atoms with E-state index in [0.29, 0.717) is 16.8 Å². The van der Waals surface area contributed by atoms with E-state index in [9.17, 15) is 4.79 Å². The van der Waals surface area contributed by atoms with Crippen LogP contribution in [0.1, 0.15) is 0 Å². The number of hydrogen-bond donors (Lipinski definition) is 2. The number of H-pyrrole nitrogens is 1. The Kier molecular flexibility index (Phi) is 2.24. The first-order chi connectivity index (χ1) is 6.79. The molecule has 2 aromatic rings. The van der Waals surface area contributed by atoms with Gasteiger partial charge in [0.15, 0.2) is 5.58 Å². The van der Waals surface area contributed by atoms with E-state index in [1.807, 2.05) is 0 Å². The SMILES string of the molecule is O=c1[nH]c2cc(OCCO)ccc2o1. The molecule has 0 fully saturated rings. The summed E-state index contributed by atoms with van der Waals surface area (Å²) in [6.07, 6.45) is 0. The molecule has 0 aliphatic rings. The van der Waals surface area contributed by atoms with Crippen LogP contribution in [0.4, 0.5) is 0 Å². The fraction of sp³-hybridized carbons (Fsp3) is 0.222. The number of aromatic nitrogens is 1. The van der Waals surface area contributed by atoms with Crippen molar-refractivity contribution in [1.82, 2.24) is 4.98 Å². The quantitative estimate of drug-likeness (QED) is 0.747. The minimum atomic E-state index is -0.487. The maximum atomic E-state index is 10.8. The molecule has 2 rings (SSSR count). The summed E-state index contributed by atoms with van der Waals surface area (Å²) in [6, 6.07) is 4.96. The van der Waals surface area contributed by atoms with E-state index in [0.717, 1.165) is 0 Å². The summed E-state index contributed by atoms with van der Waals surface area (Å²) in [7, 11) is 0. The number of oxazole rings is 1. The molecule has 0 radical (unpaired) electrons. The second kappa shape index (κ2) is 3.55. The number of nitrogens with one attached hydrogen (secondary N) is 1. The smallest absolute Gasteiger partial charge is 0.417 e. The van der Waals surface area contributed by atoms with Crippen LogP contribution in [-0.4, -0.2) is 23.3 Å². The molecule has 0 amide bonds. The lowest BCUT2D eigenvalue weighted by molar-refractivity contribution is 0.201. The number of aliphatic hydroxyl groups is 1. The van der Waals surface area contributed by atoms with Gasteiger partial charge in [-0.3, -0.25) is 4.98 Å². The molecule has 0 unspecified atom stereocenters. The molecule has 5 heteroatoms. The van der Waals surface area contributed by atoms with E-state index in [1.165, 1.54) is 0 Å². The van der Waals surface area contributed by atoms with Crippen molar-refractivity contribution in [3.63, 3.8) is 0 Å². The normalized spacial score (nSPS) is 10.6. The summed E-state index contributed by atoms with van der Waals surface area (Å²) in [5.74, 6) is 0.0999. The van der Waals surface area contributed by atoms with Gasteiger partial charge in [0.2, 0.25) is 0 Å². The Labute approximate surface area is 78.9 Å². The van der Waals surface area contributed by atoms with Gasteiger partial charge >= 0.3 is 5.76 Å². The summed E-state index contributed by atoms with van der Waals surface area (Å²) in [5.41, 5.74) is 1.08. The van der Waals surface area contributed by atoms with Gasteiger partial charge in [-0.05, 0) is 12.1 Å². The first-order valence-electron chi connectivity index (χ1n) is 4.16. The Bertz CT molecular complexity index is 485. The third-order valence-corrected chi connectivity index (χ3v) is 1.75. The molecule has 0 spiro atoms. The zero-order valence-electron chi connectivity index (χ0n) is 7.32. The van der Waals surface area contributed by atoms with Crippen LogP contribution in [-0.2, 0) is 0 Å². The molecule has 0 saturated carbocycles. The predicted molar refractivity (Wildman–Crippen MR) is 49.4 cm³/mol. The van der Waals surface area contributed by atoms with Gasteiger partial charge in [-0.1, -0.05) is 0 Å². The molecule has 1 aromatic heterocycles. The van der Waals surface area contributed by atoms with Crippen molar-refractivity contribution in [2.75, 3.05) is 13.2 Å². The monoisotopic (exact) mass is 195 g/mol. The molecule has 0 aliphatic carbocycles. The van der Waals surface area contributed by atoms with E-state index in [-0.39, 0.29) is 13.2 Å².